The minimum absolute atomic E-state index is 0. The Labute approximate surface area is 181 Å². The van der Waals surface area contributed by atoms with Crippen LogP contribution in [0.5, 0.6) is 11.5 Å². The first-order chi connectivity index (χ1) is 12.4. The van der Waals surface area contributed by atoms with Gasteiger partial charge in [-0.15, -0.1) is 24.0 Å². The van der Waals surface area contributed by atoms with Crippen LogP contribution in [0.1, 0.15) is 18.1 Å². The smallest absolute Gasteiger partial charge is 0.189 e. The summed E-state index contributed by atoms with van der Waals surface area (Å²) in [5.74, 6) is 1.52. The van der Waals surface area contributed by atoms with Gasteiger partial charge in [-0.05, 0) is 30.7 Å². The van der Waals surface area contributed by atoms with Crippen molar-refractivity contribution < 1.29 is 14.6 Å². The van der Waals surface area contributed by atoms with E-state index in [1.807, 2.05) is 30.3 Å². The average molecular weight is 506 g/mol. The third kappa shape index (κ3) is 6.44. The average Bonchev–Trinajstić information content (AvgIpc) is 2.64. The SMILES string of the molecule is COc1ccc(CN=C(N)NCC(C)(O)c2ccccc2Cl)cc1OC.I. The van der Waals surface area contributed by atoms with Crippen LogP contribution in [0.4, 0.5) is 0 Å². The zero-order valence-electron chi connectivity index (χ0n) is 15.5. The van der Waals surface area contributed by atoms with Gasteiger partial charge in [0, 0.05) is 10.6 Å². The Morgan fingerprint density at radius 3 is 2.48 bits per heavy atom. The summed E-state index contributed by atoms with van der Waals surface area (Å²) in [7, 11) is 3.17. The summed E-state index contributed by atoms with van der Waals surface area (Å²) >= 11 is 6.15. The van der Waals surface area contributed by atoms with Crippen LogP contribution < -0.4 is 20.5 Å². The first-order valence-electron chi connectivity index (χ1n) is 8.09. The lowest BCUT2D eigenvalue weighted by Crippen LogP contribution is -2.42. The highest BCUT2D eigenvalue weighted by molar-refractivity contribution is 14.0. The van der Waals surface area contributed by atoms with Crippen molar-refractivity contribution in [2.24, 2.45) is 10.7 Å². The maximum absolute atomic E-state index is 10.6. The molecule has 8 heteroatoms. The highest BCUT2D eigenvalue weighted by Gasteiger charge is 2.25. The molecule has 0 aliphatic carbocycles. The monoisotopic (exact) mass is 505 g/mol. The molecule has 1 unspecified atom stereocenters. The molecule has 0 spiro atoms. The number of hydrogen-bond donors (Lipinski definition) is 3. The largest absolute Gasteiger partial charge is 0.493 e. The molecule has 6 nitrogen and oxygen atoms in total. The lowest BCUT2D eigenvalue weighted by Gasteiger charge is -2.25. The van der Waals surface area contributed by atoms with E-state index in [2.05, 4.69) is 10.3 Å². The molecule has 0 radical (unpaired) electrons. The van der Waals surface area contributed by atoms with Gasteiger partial charge in [0.15, 0.2) is 17.5 Å². The van der Waals surface area contributed by atoms with Crippen molar-refractivity contribution in [3.63, 3.8) is 0 Å². The minimum Gasteiger partial charge on any atom is -0.493 e. The van der Waals surface area contributed by atoms with Gasteiger partial charge >= 0.3 is 0 Å². The molecule has 0 saturated heterocycles. The number of nitrogens with one attached hydrogen (secondary N) is 1. The molecule has 0 amide bonds. The summed E-state index contributed by atoms with van der Waals surface area (Å²) in [4.78, 5) is 4.29. The Hall–Kier alpha value is -1.71. The van der Waals surface area contributed by atoms with Crippen molar-refractivity contribution in [2.75, 3.05) is 20.8 Å². The number of nitrogens with zero attached hydrogens (tertiary/aromatic N) is 1. The first kappa shape index (κ1) is 23.3. The van der Waals surface area contributed by atoms with Crippen molar-refractivity contribution in [1.29, 1.82) is 0 Å². The van der Waals surface area contributed by atoms with Crippen molar-refractivity contribution >= 4 is 41.5 Å². The van der Waals surface area contributed by atoms with Crippen LogP contribution in [0.2, 0.25) is 5.02 Å². The number of nitrogens with two attached hydrogens (primary N) is 1. The number of hydrogen-bond acceptors (Lipinski definition) is 4. The van der Waals surface area contributed by atoms with Crippen LogP contribution in [0.3, 0.4) is 0 Å². The standard InChI is InChI=1S/C19H24ClN3O3.HI/c1-19(24,14-6-4-5-7-15(14)20)12-23-18(21)22-11-13-8-9-16(25-2)17(10-13)26-3;/h4-10,24H,11-12H2,1-3H3,(H3,21,22,23);1H. The summed E-state index contributed by atoms with van der Waals surface area (Å²) < 4.78 is 10.5. The van der Waals surface area contributed by atoms with Crippen LogP contribution in [0.15, 0.2) is 47.5 Å². The fourth-order valence-electron chi connectivity index (χ4n) is 2.47. The normalized spacial score (nSPS) is 13.3. The number of guanidine groups is 1. The number of aliphatic hydroxyl groups is 1. The number of halogens is 2. The predicted molar refractivity (Wildman–Crippen MR) is 119 cm³/mol. The van der Waals surface area contributed by atoms with Gasteiger partial charge in [0.1, 0.15) is 5.60 Å². The third-order valence-electron chi connectivity index (χ3n) is 3.95. The lowest BCUT2D eigenvalue weighted by molar-refractivity contribution is 0.0619. The summed E-state index contributed by atoms with van der Waals surface area (Å²) in [6.45, 7) is 2.22. The zero-order chi connectivity index (χ0) is 19.2. The van der Waals surface area contributed by atoms with Gasteiger partial charge in [0.05, 0.1) is 27.3 Å². The van der Waals surface area contributed by atoms with Crippen LogP contribution >= 0.6 is 35.6 Å². The van der Waals surface area contributed by atoms with Gasteiger partial charge in [0.25, 0.3) is 0 Å². The molecule has 2 aromatic rings. The molecular weight excluding hydrogens is 481 g/mol. The Kier molecular flexibility index (Phi) is 9.14. The van der Waals surface area contributed by atoms with Gasteiger partial charge < -0.3 is 25.6 Å². The van der Waals surface area contributed by atoms with Crippen LogP contribution in [-0.2, 0) is 12.1 Å². The van der Waals surface area contributed by atoms with E-state index in [1.54, 1.807) is 33.3 Å². The topological polar surface area (TPSA) is 89.1 Å². The third-order valence-corrected chi connectivity index (χ3v) is 4.28. The molecule has 4 N–H and O–H groups in total. The Balaban J connectivity index is 0.00000364. The zero-order valence-corrected chi connectivity index (χ0v) is 18.6. The molecule has 0 saturated carbocycles. The number of rotatable bonds is 7. The molecule has 2 aromatic carbocycles. The van der Waals surface area contributed by atoms with E-state index in [0.29, 0.717) is 28.6 Å². The molecule has 27 heavy (non-hydrogen) atoms. The van der Waals surface area contributed by atoms with Gasteiger partial charge in [-0.1, -0.05) is 35.9 Å². The second-order valence-corrected chi connectivity index (χ2v) is 6.41. The predicted octanol–water partition coefficient (Wildman–Crippen LogP) is 3.29. The fraction of sp³-hybridized carbons (Fsp3) is 0.316. The Morgan fingerprint density at radius 1 is 1.19 bits per heavy atom. The van der Waals surface area contributed by atoms with E-state index in [1.165, 1.54) is 0 Å². The number of methoxy groups -OCH3 is 2. The Bertz CT molecular complexity index is 785. The van der Waals surface area contributed by atoms with E-state index in [0.717, 1.165) is 5.56 Å². The highest BCUT2D eigenvalue weighted by atomic mass is 127. The summed E-state index contributed by atoms with van der Waals surface area (Å²) in [6, 6.07) is 12.7. The van der Waals surface area contributed by atoms with Crippen LogP contribution in [0.25, 0.3) is 0 Å². The second kappa shape index (κ2) is 10.6. The molecule has 0 aliphatic heterocycles. The maximum Gasteiger partial charge on any atom is 0.189 e. The van der Waals surface area contributed by atoms with Crippen molar-refractivity contribution in [3.05, 3.63) is 58.6 Å². The molecule has 0 aromatic heterocycles. The number of benzene rings is 2. The molecule has 148 valence electrons. The van der Waals surface area contributed by atoms with Crippen molar-refractivity contribution in [1.82, 2.24) is 5.32 Å². The van der Waals surface area contributed by atoms with Gasteiger partial charge in [-0.25, -0.2) is 4.99 Å². The van der Waals surface area contributed by atoms with Crippen molar-refractivity contribution in [2.45, 2.75) is 19.1 Å². The highest BCUT2D eigenvalue weighted by Crippen LogP contribution is 2.28. The van der Waals surface area contributed by atoms with E-state index in [9.17, 15) is 5.11 Å². The van der Waals surface area contributed by atoms with E-state index < -0.39 is 5.60 Å². The Morgan fingerprint density at radius 2 is 1.85 bits per heavy atom. The van der Waals surface area contributed by atoms with E-state index in [-0.39, 0.29) is 36.5 Å². The quantitative estimate of drug-likeness (QED) is 0.305. The minimum atomic E-state index is -1.18. The molecular formula is C19H25ClIN3O3. The number of ether oxygens (including phenoxy) is 2. The first-order valence-corrected chi connectivity index (χ1v) is 8.47. The van der Waals surface area contributed by atoms with Crippen LogP contribution in [0, 0.1) is 0 Å². The number of aliphatic imine (C=N–C) groups is 1. The van der Waals surface area contributed by atoms with E-state index in [4.69, 9.17) is 26.8 Å². The summed E-state index contributed by atoms with van der Waals surface area (Å²) in [6.07, 6.45) is 0. The van der Waals surface area contributed by atoms with Crippen LogP contribution in [-0.4, -0.2) is 31.8 Å². The van der Waals surface area contributed by atoms with Gasteiger partial charge in [-0.3, -0.25) is 0 Å². The van der Waals surface area contributed by atoms with Gasteiger partial charge in [-0.2, -0.15) is 0 Å². The fourth-order valence-corrected chi connectivity index (χ4v) is 2.81. The van der Waals surface area contributed by atoms with Crippen molar-refractivity contribution in [3.8, 4) is 11.5 Å². The maximum atomic E-state index is 10.6. The molecule has 2 rings (SSSR count). The molecule has 0 heterocycles. The summed E-state index contributed by atoms with van der Waals surface area (Å²) in [5, 5.41) is 14.1. The molecule has 0 aliphatic rings. The second-order valence-electron chi connectivity index (χ2n) is 6.00. The lowest BCUT2D eigenvalue weighted by atomic mass is 9.96. The molecule has 0 bridgehead atoms. The molecule has 1 atom stereocenters. The summed E-state index contributed by atoms with van der Waals surface area (Å²) in [5.41, 5.74) is 6.28. The van der Waals surface area contributed by atoms with Gasteiger partial charge in [0.2, 0.25) is 0 Å². The van der Waals surface area contributed by atoms with E-state index >= 15 is 0 Å². The molecule has 0 fully saturated rings.